The number of rotatable bonds is 2. The number of alkyl halides is 1. The number of aliphatic hydroxyl groups is 1. The summed E-state index contributed by atoms with van der Waals surface area (Å²) in [6.07, 6.45) is -0.220. The lowest BCUT2D eigenvalue weighted by atomic mass is 10.1. The second-order valence-electron chi connectivity index (χ2n) is 2.40. The molecule has 0 saturated carbocycles. The molecule has 0 aliphatic rings. The van der Waals surface area contributed by atoms with Crippen LogP contribution in [-0.2, 0) is 0 Å². The van der Waals surface area contributed by atoms with Gasteiger partial charge < -0.3 is 5.11 Å². The molecule has 0 radical (unpaired) electrons. The summed E-state index contributed by atoms with van der Waals surface area (Å²) in [4.78, 5) is 10.2. The molecule has 1 aromatic carbocycles. The molecule has 0 amide bonds. The fraction of sp³-hybridized carbons (Fsp3) is 0.300. The maximum absolute atomic E-state index is 12.6. The van der Waals surface area contributed by atoms with E-state index in [0.717, 1.165) is 13.4 Å². The van der Waals surface area contributed by atoms with E-state index in [1.165, 1.54) is 6.92 Å². The third kappa shape index (κ3) is 3.80. The molecule has 1 aromatic rings. The fourth-order valence-electron chi connectivity index (χ4n) is 0.840. The van der Waals surface area contributed by atoms with Crippen molar-refractivity contribution in [3.05, 3.63) is 35.4 Å². The molecule has 3 heteroatoms. The van der Waals surface area contributed by atoms with Crippen molar-refractivity contribution in [2.75, 3.05) is 7.11 Å². The molecule has 0 unspecified atom stereocenters. The highest BCUT2D eigenvalue weighted by atomic mass is 19.1. The average molecular weight is 184 g/mol. The van der Waals surface area contributed by atoms with Crippen LogP contribution in [0.2, 0.25) is 0 Å². The van der Waals surface area contributed by atoms with Gasteiger partial charge in [0.25, 0.3) is 0 Å². The van der Waals surface area contributed by atoms with Crippen LogP contribution >= 0.6 is 0 Å². The molecule has 0 aliphatic carbocycles. The Kier molecular flexibility index (Phi) is 5.72. The van der Waals surface area contributed by atoms with Gasteiger partial charge in [0.15, 0.2) is 0 Å². The Morgan fingerprint density at radius 2 is 1.77 bits per heavy atom. The lowest BCUT2D eigenvalue weighted by Gasteiger charge is -2.00. The van der Waals surface area contributed by atoms with Gasteiger partial charge in [0.2, 0.25) is 0 Å². The van der Waals surface area contributed by atoms with Crippen LogP contribution in [0.4, 0.5) is 4.39 Å². The second-order valence-corrected chi connectivity index (χ2v) is 2.40. The summed E-state index contributed by atoms with van der Waals surface area (Å²) >= 11 is 0. The molecule has 1 rings (SSSR count). The first-order valence-corrected chi connectivity index (χ1v) is 3.88. The van der Waals surface area contributed by atoms with E-state index >= 15 is 0 Å². The zero-order valence-corrected chi connectivity index (χ0v) is 7.70. The van der Waals surface area contributed by atoms with Crippen LogP contribution in [0.3, 0.4) is 0 Å². The first-order valence-electron chi connectivity index (χ1n) is 3.88. The van der Waals surface area contributed by atoms with Crippen LogP contribution in [0, 0.1) is 0 Å². The van der Waals surface area contributed by atoms with Crippen LogP contribution in [0.5, 0.6) is 0 Å². The Labute approximate surface area is 77.0 Å². The van der Waals surface area contributed by atoms with Crippen molar-refractivity contribution < 1.29 is 14.3 Å². The van der Waals surface area contributed by atoms with E-state index in [1.54, 1.807) is 24.3 Å². The Morgan fingerprint density at radius 3 is 2.08 bits per heavy atom. The minimum Gasteiger partial charge on any atom is -0.400 e. The van der Waals surface area contributed by atoms with Gasteiger partial charge in [0.05, 0.1) is 0 Å². The molecule has 72 valence electrons. The van der Waals surface area contributed by atoms with Gasteiger partial charge in [-0.15, -0.1) is 0 Å². The lowest BCUT2D eigenvalue weighted by molar-refractivity contribution is 0.112. The van der Waals surface area contributed by atoms with Gasteiger partial charge in [-0.25, -0.2) is 4.39 Å². The topological polar surface area (TPSA) is 37.3 Å². The maximum atomic E-state index is 12.6. The molecule has 13 heavy (non-hydrogen) atoms. The molecular weight excluding hydrogens is 171 g/mol. The second kappa shape index (κ2) is 6.31. The minimum absolute atomic E-state index is 0.578. The van der Waals surface area contributed by atoms with E-state index < -0.39 is 6.17 Å². The third-order valence-electron chi connectivity index (χ3n) is 1.53. The Morgan fingerprint density at radius 1 is 1.31 bits per heavy atom. The van der Waals surface area contributed by atoms with Gasteiger partial charge in [0.1, 0.15) is 12.5 Å². The highest BCUT2D eigenvalue weighted by Gasteiger charge is 2.00. The molecule has 0 aliphatic heterocycles. The lowest BCUT2D eigenvalue weighted by Crippen LogP contribution is -1.85. The average Bonchev–Trinajstić information content (AvgIpc) is 2.21. The number of carbonyl (C=O) groups excluding carboxylic acids is 1. The van der Waals surface area contributed by atoms with Gasteiger partial charge in [-0.05, 0) is 12.5 Å². The van der Waals surface area contributed by atoms with E-state index in [9.17, 15) is 9.18 Å². The summed E-state index contributed by atoms with van der Waals surface area (Å²) in [6, 6.07) is 6.46. The predicted molar refractivity (Wildman–Crippen MR) is 49.5 cm³/mol. The standard InChI is InChI=1S/C9H9FO.CH4O/c1-7(10)9-4-2-8(6-11)3-5-9;1-2/h2-7H,1H3;2H,1H3/t7-;/m0./s1. The number of hydrogen-bond donors (Lipinski definition) is 1. The fourth-order valence-corrected chi connectivity index (χ4v) is 0.840. The van der Waals surface area contributed by atoms with E-state index in [2.05, 4.69) is 0 Å². The number of aldehydes is 1. The molecular formula is C10H13FO2. The smallest absolute Gasteiger partial charge is 0.150 e. The van der Waals surface area contributed by atoms with Crippen molar-refractivity contribution in [1.29, 1.82) is 0 Å². The largest absolute Gasteiger partial charge is 0.400 e. The Balaban J connectivity index is 0.000000671. The molecule has 0 aromatic heterocycles. The molecule has 0 fully saturated rings. The van der Waals surface area contributed by atoms with Crippen molar-refractivity contribution >= 4 is 6.29 Å². The molecule has 0 heterocycles. The summed E-state index contributed by atoms with van der Waals surface area (Å²) in [5.74, 6) is 0. The quantitative estimate of drug-likeness (QED) is 0.715. The van der Waals surface area contributed by atoms with E-state index in [1.807, 2.05) is 0 Å². The van der Waals surface area contributed by atoms with Gasteiger partial charge in [-0.3, -0.25) is 4.79 Å². The van der Waals surface area contributed by atoms with E-state index in [0.29, 0.717) is 11.1 Å². The van der Waals surface area contributed by atoms with Crippen molar-refractivity contribution in [1.82, 2.24) is 0 Å². The highest BCUT2D eigenvalue weighted by Crippen LogP contribution is 2.15. The van der Waals surface area contributed by atoms with Crippen LogP contribution in [-0.4, -0.2) is 18.5 Å². The van der Waals surface area contributed by atoms with Crippen molar-refractivity contribution in [2.45, 2.75) is 13.1 Å². The number of carbonyl (C=O) groups is 1. The number of halogens is 1. The Bertz CT molecular complexity index is 242. The summed E-state index contributed by atoms with van der Waals surface area (Å²) in [6.45, 7) is 1.47. The van der Waals surface area contributed by atoms with Crippen LogP contribution in [0.15, 0.2) is 24.3 Å². The van der Waals surface area contributed by atoms with Gasteiger partial charge in [-0.1, -0.05) is 24.3 Å². The maximum Gasteiger partial charge on any atom is 0.150 e. The van der Waals surface area contributed by atoms with Crippen LogP contribution in [0.1, 0.15) is 29.0 Å². The molecule has 0 saturated heterocycles. The zero-order chi connectivity index (χ0) is 10.3. The van der Waals surface area contributed by atoms with Crippen molar-refractivity contribution in [3.63, 3.8) is 0 Å². The summed E-state index contributed by atoms with van der Waals surface area (Å²) in [7, 11) is 1.00. The monoisotopic (exact) mass is 184 g/mol. The van der Waals surface area contributed by atoms with Gasteiger partial charge >= 0.3 is 0 Å². The van der Waals surface area contributed by atoms with Crippen molar-refractivity contribution in [2.24, 2.45) is 0 Å². The summed E-state index contributed by atoms with van der Waals surface area (Å²) in [5, 5.41) is 7.00. The van der Waals surface area contributed by atoms with Crippen molar-refractivity contribution in [3.8, 4) is 0 Å². The molecule has 1 atom stereocenters. The molecule has 2 nitrogen and oxygen atoms in total. The number of hydrogen-bond acceptors (Lipinski definition) is 2. The number of aliphatic hydroxyl groups excluding tert-OH is 1. The van der Waals surface area contributed by atoms with Crippen LogP contribution < -0.4 is 0 Å². The molecule has 1 N–H and O–H groups in total. The summed E-state index contributed by atoms with van der Waals surface area (Å²) < 4.78 is 12.6. The van der Waals surface area contributed by atoms with Gasteiger partial charge in [0, 0.05) is 12.7 Å². The van der Waals surface area contributed by atoms with E-state index in [-0.39, 0.29) is 0 Å². The van der Waals surface area contributed by atoms with Gasteiger partial charge in [-0.2, -0.15) is 0 Å². The van der Waals surface area contributed by atoms with Crippen LogP contribution in [0.25, 0.3) is 0 Å². The molecule has 0 spiro atoms. The summed E-state index contributed by atoms with van der Waals surface area (Å²) in [5.41, 5.74) is 1.19. The zero-order valence-electron chi connectivity index (χ0n) is 7.70. The third-order valence-corrected chi connectivity index (χ3v) is 1.53. The predicted octanol–water partition coefficient (Wildman–Crippen LogP) is 2.14. The Hall–Kier alpha value is -1.22. The number of benzene rings is 1. The van der Waals surface area contributed by atoms with E-state index in [4.69, 9.17) is 5.11 Å². The minimum atomic E-state index is -0.962. The highest BCUT2D eigenvalue weighted by molar-refractivity contribution is 5.74. The first-order chi connectivity index (χ1) is 6.24. The first kappa shape index (κ1) is 11.8. The molecule has 0 bridgehead atoms. The SMILES string of the molecule is CO.C[C@H](F)c1ccc(C=O)cc1. The normalized spacial score (nSPS) is 11.1.